The van der Waals surface area contributed by atoms with E-state index in [9.17, 15) is 0 Å². The van der Waals surface area contributed by atoms with Gasteiger partial charge in [-0.15, -0.1) is 0 Å². The van der Waals surface area contributed by atoms with Gasteiger partial charge in [0.15, 0.2) is 0 Å². The Labute approximate surface area is 142 Å². The van der Waals surface area contributed by atoms with Gasteiger partial charge in [0.25, 0.3) is 0 Å². The van der Waals surface area contributed by atoms with E-state index in [1.807, 2.05) is 12.3 Å². The number of nitrogens with zero attached hydrogens (tertiary/aromatic N) is 1. The van der Waals surface area contributed by atoms with Crippen molar-refractivity contribution in [3.05, 3.63) is 30.1 Å². The molecule has 0 amide bonds. The molecule has 0 aromatic carbocycles. The molecule has 1 N–H and O–H groups in total. The predicted octanol–water partition coefficient (Wildman–Crippen LogP) is 4.76. The van der Waals surface area contributed by atoms with Gasteiger partial charge in [-0.1, -0.05) is 70.8 Å². The molecule has 3 nitrogen and oxygen atoms in total. The molecule has 1 heterocycles. The van der Waals surface area contributed by atoms with E-state index in [1.165, 1.54) is 63.5 Å². The Morgan fingerprint density at radius 3 is 2.00 bits per heavy atom. The zero-order valence-electron chi connectivity index (χ0n) is 13.4. The van der Waals surface area contributed by atoms with Gasteiger partial charge >= 0.3 is 0 Å². The number of aliphatic hydroxyl groups excluding tert-OH is 1. The van der Waals surface area contributed by atoms with Gasteiger partial charge in [0, 0.05) is 31.4 Å². The molecule has 4 heteroatoms. The van der Waals surface area contributed by atoms with E-state index in [-0.39, 0.29) is 19.5 Å². The molecule has 0 fully saturated rings. The second-order valence-electron chi connectivity index (χ2n) is 4.99. The van der Waals surface area contributed by atoms with Crippen LogP contribution >= 0.6 is 0 Å². The fraction of sp³-hybridized carbons (Fsp3) is 0.647. The Kier molecular flexibility index (Phi) is 20.6. The molecule has 116 valence electrons. The van der Waals surface area contributed by atoms with Gasteiger partial charge in [-0.3, -0.25) is 4.98 Å². The standard InChI is InChI=1S/C16H27N.CHO2.Zn/c1-2-3-4-5-6-7-8-9-10-13-16-14-11-12-15-17-16;2-1-3;/h11-12,14-15H,2-10,13H2,1H3;(H,2,3);/q;-1;. The molecular weight excluding hydrogens is 316 g/mol. The van der Waals surface area contributed by atoms with Crippen LogP contribution in [0.15, 0.2) is 24.4 Å². The van der Waals surface area contributed by atoms with E-state index < -0.39 is 0 Å². The van der Waals surface area contributed by atoms with E-state index in [1.54, 1.807) is 0 Å². The van der Waals surface area contributed by atoms with Crippen LogP contribution in [0.25, 0.3) is 0 Å². The second-order valence-corrected chi connectivity index (χ2v) is 4.99. The average Bonchev–Trinajstić information content (AvgIpc) is 2.47. The maximum absolute atomic E-state index is 8.24. The Morgan fingerprint density at radius 1 is 1.00 bits per heavy atom. The van der Waals surface area contributed by atoms with Crippen molar-refractivity contribution in [2.24, 2.45) is 0 Å². The molecule has 0 atom stereocenters. The minimum Gasteiger partial charge on any atom is -0.665 e. The first-order valence-electron chi connectivity index (χ1n) is 7.76. The van der Waals surface area contributed by atoms with Gasteiger partial charge in [-0.25, -0.2) is 0 Å². The van der Waals surface area contributed by atoms with Crippen LogP contribution in [0.5, 0.6) is 0 Å². The zero-order valence-corrected chi connectivity index (χ0v) is 16.4. The summed E-state index contributed by atoms with van der Waals surface area (Å²) in [5, 5.41) is 6.76. The van der Waals surface area contributed by atoms with E-state index in [2.05, 4.69) is 24.0 Å². The quantitative estimate of drug-likeness (QED) is 0.378. The van der Waals surface area contributed by atoms with Crippen LogP contribution in [0, 0.1) is 0 Å². The summed E-state index contributed by atoms with van der Waals surface area (Å²) in [5.41, 5.74) is 1.25. The van der Waals surface area contributed by atoms with Gasteiger partial charge in [-0.05, 0) is 25.0 Å². The molecule has 0 unspecified atom stereocenters. The van der Waals surface area contributed by atoms with Crippen LogP contribution in [0.3, 0.4) is 0 Å². The summed E-state index contributed by atoms with van der Waals surface area (Å²) < 4.78 is 0. The Hall–Kier alpha value is -0.757. The number of aryl methyl sites for hydroxylation is 1. The van der Waals surface area contributed by atoms with Gasteiger partial charge in [-0.2, -0.15) is 0 Å². The van der Waals surface area contributed by atoms with Crippen LogP contribution < -0.4 is 0 Å². The van der Waals surface area contributed by atoms with E-state index >= 15 is 0 Å². The molecule has 1 rings (SSSR count). The maximum atomic E-state index is 8.24. The Bertz CT molecular complexity index is 307. The van der Waals surface area contributed by atoms with Crippen LogP contribution in [0.4, 0.5) is 0 Å². The summed E-state index contributed by atoms with van der Waals surface area (Å²) in [5.74, 6) is 0. The van der Waals surface area contributed by atoms with Crippen molar-refractivity contribution >= 4 is 6.47 Å². The summed E-state index contributed by atoms with van der Waals surface area (Å²) in [6.45, 7) is 2.78. The van der Waals surface area contributed by atoms with Gasteiger partial charge < -0.3 is 9.90 Å². The number of aromatic nitrogens is 1. The van der Waals surface area contributed by atoms with Crippen molar-refractivity contribution in [1.29, 1.82) is 0 Å². The van der Waals surface area contributed by atoms with Gasteiger partial charge in [0.05, 0.1) is 0 Å². The van der Waals surface area contributed by atoms with Crippen molar-refractivity contribution < 1.29 is 29.4 Å². The molecule has 0 aliphatic carbocycles. The third-order valence-corrected chi connectivity index (χ3v) is 3.26. The van der Waals surface area contributed by atoms with Crippen molar-refractivity contribution in [3.8, 4) is 0 Å². The molecule has 0 saturated carbocycles. The van der Waals surface area contributed by atoms with Crippen molar-refractivity contribution in [3.63, 3.8) is 0 Å². The third kappa shape index (κ3) is 17.2. The first kappa shape index (κ1) is 22.5. The van der Waals surface area contributed by atoms with Crippen molar-refractivity contribution in [1.82, 2.24) is 4.98 Å². The number of rotatable bonds is 10. The fourth-order valence-corrected chi connectivity index (χ4v) is 2.16. The third-order valence-electron chi connectivity index (χ3n) is 3.26. The number of unbranched alkanes of at least 4 members (excludes halogenated alkanes) is 8. The molecule has 1 aromatic rings. The molecule has 0 aliphatic rings. The summed E-state index contributed by atoms with van der Waals surface area (Å²) in [6.07, 6.45) is 15.6. The molecule has 1 aromatic heterocycles. The first-order chi connectivity index (χ1) is 9.85. The van der Waals surface area contributed by atoms with Crippen LogP contribution in [0.1, 0.15) is 70.4 Å². The summed E-state index contributed by atoms with van der Waals surface area (Å²) in [6, 6.07) is 6.20. The molecule has 0 saturated heterocycles. The van der Waals surface area contributed by atoms with Gasteiger partial charge in [0.1, 0.15) is 0 Å². The Morgan fingerprint density at radius 2 is 1.52 bits per heavy atom. The average molecular weight is 344 g/mol. The minimum atomic E-state index is 0. The molecule has 21 heavy (non-hydrogen) atoms. The van der Waals surface area contributed by atoms with Crippen LogP contribution in [-0.4, -0.2) is 16.6 Å². The first-order valence-corrected chi connectivity index (χ1v) is 7.76. The molecule has 0 bridgehead atoms. The summed E-state index contributed by atoms with van der Waals surface area (Å²) in [7, 11) is 0. The zero-order chi connectivity index (χ0) is 14.9. The fourth-order valence-electron chi connectivity index (χ4n) is 2.16. The van der Waals surface area contributed by atoms with Crippen LogP contribution in [0.2, 0.25) is 0 Å². The van der Waals surface area contributed by atoms with Crippen molar-refractivity contribution in [2.75, 3.05) is 0 Å². The normalized spacial score (nSPS) is 9.19. The maximum Gasteiger partial charge on any atom is 0.0403 e. The predicted molar refractivity (Wildman–Crippen MR) is 83.5 cm³/mol. The Balaban J connectivity index is 0. The monoisotopic (exact) mass is 342 g/mol. The molecule has 0 radical (unpaired) electrons. The SMILES string of the molecule is CCCCCCCCCCCc1ccccn1.O=[C-]O.[Zn]. The number of pyridine rings is 1. The van der Waals surface area contributed by atoms with E-state index in [0.717, 1.165) is 6.42 Å². The van der Waals surface area contributed by atoms with Crippen molar-refractivity contribution in [2.45, 2.75) is 71.1 Å². The van der Waals surface area contributed by atoms with E-state index in [4.69, 9.17) is 9.90 Å². The largest absolute Gasteiger partial charge is 0.665 e. The second kappa shape index (κ2) is 19.2. The summed E-state index contributed by atoms with van der Waals surface area (Å²) >= 11 is 0. The molecule has 0 spiro atoms. The molecule has 0 aliphatic heterocycles. The topological polar surface area (TPSA) is 50.2 Å². The minimum absolute atomic E-state index is 0. The molecular formula is C17H28NO2Zn-. The summed E-state index contributed by atoms with van der Waals surface area (Å²) in [4.78, 5) is 12.6. The van der Waals surface area contributed by atoms with Gasteiger partial charge in [0.2, 0.25) is 0 Å². The van der Waals surface area contributed by atoms with E-state index in [0.29, 0.717) is 6.47 Å². The number of hydrogen-bond acceptors (Lipinski definition) is 2. The van der Waals surface area contributed by atoms with Crippen LogP contribution in [-0.2, 0) is 30.7 Å². The number of hydrogen-bond donors (Lipinski definition) is 1. The smallest absolute Gasteiger partial charge is 0.0403 e.